The molecule has 2 rings (SSSR count). The van der Waals surface area contributed by atoms with Gasteiger partial charge >= 0.3 is 5.97 Å². The molecule has 0 aliphatic carbocycles. The van der Waals surface area contributed by atoms with E-state index < -0.39 is 0 Å². The smallest absolute Gasteiger partial charge is 0.307 e. The Morgan fingerprint density at radius 2 is 1.43 bits per heavy atom. The van der Waals surface area contributed by atoms with Gasteiger partial charge in [0.15, 0.2) is 0 Å². The lowest BCUT2D eigenvalue weighted by Gasteiger charge is -2.21. The molecule has 2 aromatic carbocycles. The van der Waals surface area contributed by atoms with Crippen LogP contribution in [-0.4, -0.2) is 37.6 Å². The summed E-state index contributed by atoms with van der Waals surface area (Å²) in [6.07, 6.45) is 0.246. The van der Waals surface area contributed by atoms with Crippen molar-refractivity contribution in [3.05, 3.63) is 71.8 Å². The van der Waals surface area contributed by atoms with E-state index in [2.05, 4.69) is 24.3 Å². The molecular weight excluding hydrogens is 286 g/mol. The number of carbonyl (C=O) groups excluding carboxylic acids is 1. The second-order valence-electron chi connectivity index (χ2n) is 6.14. The Hall–Kier alpha value is -2.13. The number of likely N-dealkylation sites (N-methyl/N-ethyl adjacent to an activating group) is 1. The summed E-state index contributed by atoms with van der Waals surface area (Å²) in [5.41, 5.74) is 2.27. The summed E-state index contributed by atoms with van der Waals surface area (Å²) in [6.45, 7) is 2.66. The van der Waals surface area contributed by atoms with Gasteiger partial charge in [-0.25, -0.2) is 0 Å². The van der Waals surface area contributed by atoms with Crippen molar-refractivity contribution in [3.8, 4) is 0 Å². The van der Waals surface area contributed by atoms with Crippen molar-refractivity contribution < 1.29 is 9.53 Å². The Morgan fingerprint density at radius 3 is 1.87 bits per heavy atom. The summed E-state index contributed by atoms with van der Waals surface area (Å²) in [6, 6.07) is 20.3. The van der Waals surface area contributed by atoms with Gasteiger partial charge in [-0.3, -0.25) is 4.79 Å². The second-order valence-corrected chi connectivity index (χ2v) is 6.14. The molecule has 1 atom stereocenters. The zero-order chi connectivity index (χ0) is 16.7. The van der Waals surface area contributed by atoms with Crippen LogP contribution in [0.4, 0.5) is 0 Å². The number of esters is 1. The SMILES string of the molecule is CC(CN(C)C)OC(=O)CC(c1ccccc1)c1ccccc1. The van der Waals surface area contributed by atoms with Crippen LogP contribution >= 0.6 is 0 Å². The van der Waals surface area contributed by atoms with Crippen molar-refractivity contribution >= 4 is 5.97 Å². The second kappa shape index (κ2) is 8.49. The van der Waals surface area contributed by atoms with Gasteiger partial charge < -0.3 is 9.64 Å². The third-order valence-electron chi connectivity index (χ3n) is 3.73. The molecule has 0 fully saturated rings. The number of hydrogen-bond donors (Lipinski definition) is 0. The first kappa shape index (κ1) is 17.2. The van der Waals surface area contributed by atoms with Gasteiger partial charge in [0, 0.05) is 12.5 Å². The Labute approximate surface area is 138 Å². The van der Waals surface area contributed by atoms with Gasteiger partial charge in [-0.15, -0.1) is 0 Å². The van der Waals surface area contributed by atoms with Crippen LogP contribution in [0.1, 0.15) is 30.4 Å². The number of rotatable bonds is 7. The summed E-state index contributed by atoms with van der Waals surface area (Å²) in [5, 5.41) is 0. The van der Waals surface area contributed by atoms with Gasteiger partial charge in [0.25, 0.3) is 0 Å². The third-order valence-corrected chi connectivity index (χ3v) is 3.73. The van der Waals surface area contributed by atoms with Crippen LogP contribution in [0.25, 0.3) is 0 Å². The fourth-order valence-electron chi connectivity index (χ4n) is 2.79. The van der Waals surface area contributed by atoms with Crippen molar-refractivity contribution in [2.45, 2.75) is 25.4 Å². The van der Waals surface area contributed by atoms with Gasteiger partial charge in [0.05, 0.1) is 6.42 Å². The number of ether oxygens (including phenoxy) is 1. The quantitative estimate of drug-likeness (QED) is 0.730. The Morgan fingerprint density at radius 1 is 0.957 bits per heavy atom. The third kappa shape index (κ3) is 5.53. The highest BCUT2D eigenvalue weighted by Gasteiger charge is 2.20. The van der Waals surface area contributed by atoms with Crippen LogP contribution < -0.4 is 0 Å². The number of carbonyl (C=O) groups is 1. The topological polar surface area (TPSA) is 29.5 Å². The van der Waals surface area contributed by atoms with E-state index in [9.17, 15) is 4.79 Å². The van der Waals surface area contributed by atoms with Crippen LogP contribution in [0, 0.1) is 0 Å². The van der Waals surface area contributed by atoms with E-state index in [1.807, 2.05) is 62.3 Å². The highest BCUT2D eigenvalue weighted by Crippen LogP contribution is 2.28. The zero-order valence-electron chi connectivity index (χ0n) is 14.1. The molecule has 122 valence electrons. The van der Waals surface area contributed by atoms with Gasteiger partial charge in [-0.05, 0) is 32.1 Å². The highest BCUT2D eigenvalue weighted by molar-refractivity contribution is 5.71. The van der Waals surface area contributed by atoms with Crippen molar-refractivity contribution in [2.24, 2.45) is 0 Å². The molecule has 0 amide bonds. The first-order valence-electron chi connectivity index (χ1n) is 8.00. The molecule has 0 saturated heterocycles. The summed E-state index contributed by atoms with van der Waals surface area (Å²) in [4.78, 5) is 14.4. The lowest BCUT2D eigenvalue weighted by atomic mass is 9.88. The van der Waals surface area contributed by atoms with E-state index >= 15 is 0 Å². The molecule has 1 unspecified atom stereocenters. The maximum absolute atomic E-state index is 12.4. The predicted molar refractivity (Wildman–Crippen MR) is 93.5 cm³/mol. The minimum absolute atomic E-state index is 0.0245. The molecular formula is C20H25NO2. The standard InChI is InChI=1S/C20H25NO2/c1-16(15-21(2)3)23-20(22)14-19(17-10-6-4-7-11-17)18-12-8-5-9-13-18/h4-13,16,19H,14-15H2,1-3H3. The van der Waals surface area contributed by atoms with Crippen molar-refractivity contribution in [1.82, 2.24) is 4.90 Å². The molecule has 0 aliphatic rings. The van der Waals surface area contributed by atoms with Crippen LogP contribution in [0.15, 0.2) is 60.7 Å². The molecule has 0 aliphatic heterocycles. The highest BCUT2D eigenvalue weighted by atomic mass is 16.5. The molecule has 0 spiro atoms. The van der Waals surface area contributed by atoms with E-state index in [1.165, 1.54) is 0 Å². The Kier molecular flexibility index (Phi) is 6.36. The number of hydrogen-bond acceptors (Lipinski definition) is 3. The Bertz CT molecular complexity index is 556. The van der Waals surface area contributed by atoms with Crippen molar-refractivity contribution in [2.75, 3.05) is 20.6 Å². The average molecular weight is 311 g/mol. The predicted octanol–water partition coefficient (Wildman–Crippen LogP) is 3.70. The van der Waals surface area contributed by atoms with Crippen LogP contribution in [0.2, 0.25) is 0 Å². The fraction of sp³-hybridized carbons (Fsp3) is 0.350. The van der Waals surface area contributed by atoms with Crippen LogP contribution in [0.5, 0.6) is 0 Å². The summed E-state index contributed by atoms with van der Waals surface area (Å²) >= 11 is 0. The minimum Gasteiger partial charge on any atom is -0.461 e. The molecule has 0 radical (unpaired) electrons. The number of nitrogens with zero attached hydrogens (tertiary/aromatic N) is 1. The number of benzene rings is 2. The summed E-state index contributed by atoms with van der Waals surface area (Å²) < 4.78 is 5.55. The van der Waals surface area contributed by atoms with E-state index in [-0.39, 0.29) is 18.0 Å². The van der Waals surface area contributed by atoms with E-state index in [4.69, 9.17) is 4.74 Å². The zero-order valence-corrected chi connectivity index (χ0v) is 14.1. The molecule has 23 heavy (non-hydrogen) atoms. The molecule has 0 N–H and O–H groups in total. The van der Waals surface area contributed by atoms with E-state index in [1.54, 1.807) is 0 Å². The van der Waals surface area contributed by atoms with Gasteiger partial charge in [-0.2, -0.15) is 0 Å². The maximum atomic E-state index is 12.4. The van der Waals surface area contributed by atoms with Crippen molar-refractivity contribution in [3.63, 3.8) is 0 Å². The molecule has 0 heterocycles. The summed E-state index contributed by atoms with van der Waals surface area (Å²) in [7, 11) is 3.95. The lowest BCUT2D eigenvalue weighted by molar-refractivity contribution is -0.149. The monoisotopic (exact) mass is 311 g/mol. The van der Waals surface area contributed by atoms with E-state index in [0.717, 1.165) is 17.7 Å². The molecule has 0 saturated carbocycles. The van der Waals surface area contributed by atoms with Crippen LogP contribution in [0.3, 0.4) is 0 Å². The first-order valence-corrected chi connectivity index (χ1v) is 8.00. The Balaban J connectivity index is 2.11. The first-order chi connectivity index (χ1) is 11.1. The fourth-order valence-corrected chi connectivity index (χ4v) is 2.79. The maximum Gasteiger partial charge on any atom is 0.307 e. The van der Waals surface area contributed by atoms with E-state index in [0.29, 0.717) is 6.42 Å². The lowest BCUT2D eigenvalue weighted by Crippen LogP contribution is -2.28. The average Bonchev–Trinajstić information content (AvgIpc) is 2.53. The normalized spacial score (nSPS) is 12.4. The molecule has 3 nitrogen and oxygen atoms in total. The molecule has 3 heteroatoms. The van der Waals surface area contributed by atoms with Gasteiger partial charge in [0.1, 0.15) is 6.10 Å². The largest absolute Gasteiger partial charge is 0.461 e. The minimum atomic E-state index is -0.156. The summed E-state index contributed by atoms with van der Waals surface area (Å²) in [5.74, 6) is -0.131. The molecule has 0 bridgehead atoms. The molecule has 0 aromatic heterocycles. The van der Waals surface area contributed by atoms with Crippen LogP contribution in [-0.2, 0) is 9.53 Å². The van der Waals surface area contributed by atoms with Crippen molar-refractivity contribution in [1.29, 1.82) is 0 Å². The van der Waals surface area contributed by atoms with Gasteiger partial charge in [0.2, 0.25) is 0 Å². The van der Waals surface area contributed by atoms with Gasteiger partial charge in [-0.1, -0.05) is 60.7 Å². The molecule has 2 aromatic rings.